The number of alkyl halides is 1. The molecule has 0 saturated carbocycles. The largest absolute Gasteiger partial charge is 0.466 e. The van der Waals surface area contributed by atoms with E-state index in [1.165, 1.54) is 0 Å². The molecule has 0 aromatic carbocycles. The fraction of sp³-hybridized carbons (Fsp3) is 0.625. The summed E-state index contributed by atoms with van der Waals surface area (Å²) in [5.74, 6) is 0.247. The van der Waals surface area contributed by atoms with Gasteiger partial charge in [-0.25, -0.2) is 0 Å². The Morgan fingerprint density at radius 1 is 1.82 bits per heavy atom. The van der Waals surface area contributed by atoms with Gasteiger partial charge in [0.25, 0.3) is 0 Å². The van der Waals surface area contributed by atoms with Gasteiger partial charge in [-0.1, -0.05) is 6.08 Å². The molecule has 1 unspecified atom stereocenters. The van der Waals surface area contributed by atoms with Crippen LogP contribution in [0.5, 0.6) is 0 Å². The highest BCUT2D eigenvalue weighted by Crippen LogP contribution is 2.07. The van der Waals surface area contributed by atoms with Crippen LogP contribution in [0.2, 0.25) is 0 Å². The van der Waals surface area contributed by atoms with Gasteiger partial charge in [-0.3, -0.25) is 4.79 Å². The van der Waals surface area contributed by atoms with E-state index in [1.54, 1.807) is 13.0 Å². The second kappa shape index (κ2) is 6.23. The van der Waals surface area contributed by atoms with Gasteiger partial charge >= 0.3 is 5.97 Å². The van der Waals surface area contributed by atoms with Gasteiger partial charge in [-0.2, -0.15) is 0 Å². The Kier molecular flexibility index (Phi) is 5.94. The lowest BCUT2D eigenvalue weighted by atomic mass is 10.1. The Morgan fingerprint density at radius 3 is 2.82 bits per heavy atom. The van der Waals surface area contributed by atoms with E-state index in [0.717, 1.165) is 0 Å². The minimum absolute atomic E-state index is 0.0377. The van der Waals surface area contributed by atoms with Crippen LogP contribution in [0.25, 0.3) is 0 Å². The van der Waals surface area contributed by atoms with Crippen molar-refractivity contribution in [3.8, 4) is 0 Å². The molecule has 0 aromatic heterocycles. The highest BCUT2D eigenvalue weighted by Gasteiger charge is 2.09. The summed E-state index contributed by atoms with van der Waals surface area (Å²) in [5.41, 5.74) is 0. The van der Waals surface area contributed by atoms with Gasteiger partial charge in [0.2, 0.25) is 0 Å². The first-order valence-corrected chi connectivity index (χ1v) is 4.12. The summed E-state index contributed by atoms with van der Waals surface area (Å²) in [6.45, 7) is 5.75. The molecule has 0 bridgehead atoms. The normalized spacial score (nSPS) is 12.2. The summed E-state index contributed by atoms with van der Waals surface area (Å²) in [6.07, 6.45) is 2.00. The van der Waals surface area contributed by atoms with Crippen molar-refractivity contribution >= 4 is 17.6 Å². The van der Waals surface area contributed by atoms with Crippen molar-refractivity contribution in [1.82, 2.24) is 0 Å². The van der Waals surface area contributed by atoms with Gasteiger partial charge in [-0.05, 0) is 6.92 Å². The first kappa shape index (κ1) is 10.5. The van der Waals surface area contributed by atoms with Gasteiger partial charge in [-0.15, -0.1) is 18.2 Å². The smallest absolute Gasteiger partial charge is 0.306 e. The van der Waals surface area contributed by atoms with Crippen molar-refractivity contribution in [3.63, 3.8) is 0 Å². The van der Waals surface area contributed by atoms with Crippen molar-refractivity contribution < 1.29 is 9.53 Å². The lowest BCUT2D eigenvalue weighted by Gasteiger charge is -2.06. The number of carbonyl (C=O) groups excluding carboxylic acids is 1. The molecular formula is C8H13ClO2. The number of rotatable bonds is 5. The lowest BCUT2D eigenvalue weighted by molar-refractivity contribution is -0.143. The highest BCUT2D eigenvalue weighted by molar-refractivity contribution is 6.18. The number of allylic oxidation sites excluding steroid dienone is 1. The quantitative estimate of drug-likeness (QED) is 0.364. The van der Waals surface area contributed by atoms with Crippen LogP contribution in [0.1, 0.15) is 13.3 Å². The third-order valence-corrected chi connectivity index (χ3v) is 1.66. The minimum Gasteiger partial charge on any atom is -0.466 e. The van der Waals surface area contributed by atoms with E-state index in [1.807, 2.05) is 0 Å². The molecule has 0 aliphatic rings. The zero-order valence-corrected chi connectivity index (χ0v) is 7.43. The molecule has 0 aliphatic carbocycles. The van der Waals surface area contributed by atoms with E-state index in [4.69, 9.17) is 16.3 Å². The predicted molar refractivity (Wildman–Crippen MR) is 45.7 cm³/mol. The molecule has 0 N–H and O–H groups in total. The van der Waals surface area contributed by atoms with Crippen molar-refractivity contribution in [2.45, 2.75) is 13.3 Å². The molecule has 64 valence electrons. The van der Waals surface area contributed by atoms with Gasteiger partial charge < -0.3 is 4.74 Å². The Bertz CT molecular complexity index is 134. The highest BCUT2D eigenvalue weighted by atomic mass is 35.5. The number of hydrogen-bond acceptors (Lipinski definition) is 2. The van der Waals surface area contributed by atoms with E-state index in [0.29, 0.717) is 18.9 Å². The lowest BCUT2D eigenvalue weighted by Crippen LogP contribution is -2.10. The third-order valence-electron chi connectivity index (χ3n) is 1.27. The number of ether oxygens (including phenoxy) is 1. The Labute approximate surface area is 72.2 Å². The van der Waals surface area contributed by atoms with Crippen molar-refractivity contribution in [3.05, 3.63) is 12.7 Å². The second-order valence-electron chi connectivity index (χ2n) is 2.16. The predicted octanol–water partition coefficient (Wildman–Crippen LogP) is 1.98. The Morgan fingerprint density at radius 2 is 2.45 bits per heavy atom. The maximum absolute atomic E-state index is 10.8. The number of esters is 1. The molecule has 0 saturated heterocycles. The zero-order chi connectivity index (χ0) is 8.69. The summed E-state index contributed by atoms with van der Waals surface area (Å²) in [4.78, 5) is 10.8. The van der Waals surface area contributed by atoms with Gasteiger partial charge in [0.05, 0.1) is 13.0 Å². The molecule has 1 atom stereocenters. The minimum atomic E-state index is -0.210. The van der Waals surface area contributed by atoms with Crippen LogP contribution < -0.4 is 0 Å². The molecule has 0 aliphatic heterocycles. The maximum atomic E-state index is 10.8. The van der Waals surface area contributed by atoms with Crippen LogP contribution in [-0.4, -0.2) is 18.5 Å². The molecule has 0 aromatic rings. The zero-order valence-electron chi connectivity index (χ0n) is 6.68. The number of carbonyl (C=O) groups is 1. The molecule has 0 rings (SSSR count). The summed E-state index contributed by atoms with van der Waals surface area (Å²) in [6, 6.07) is 0. The molecule has 0 amide bonds. The average molecular weight is 177 g/mol. The SMILES string of the molecule is C=CC(CCl)CC(=O)OCC. The topological polar surface area (TPSA) is 26.3 Å². The van der Waals surface area contributed by atoms with E-state index in [2.05, 4.69) is 6.58 Å². The van der Waals surface area contributed by atoms with Gasteiger partial charge in [0.1, 0.15) is 0 Å². The summed E-state index contributed by atoms with van der Waals surface area (Å²) >= 11 is 5.53. The number of halogens is 1. The maximum Gasteiger partial charge on any atom is 0.306 e. The van der Waals surface area contributed by atoms with E-state index >= 15 is 0 Å². The van der Waals surface area contributed by atoms with Crippen LogP contribution in [0, 0.1) is 5.92 Å². The van der Waals surface area contributed by atoms with Crippen LogP contribution in [0.4, 0.5) is 0 Å². The monoisotopic (exact) mass is 176 g/mol. The van der Waals surface area contributed by atoms with Crippen molar-refractivity contribution in [1.29, 1.82) is 0 Å². The molecular weight excluding hydrogens is 164 g/mol. The summed E-state index contributed by atoms with van der Waals surface area (Å²) in [7, 11) is 0. The van der Waals surface area contributed by atoms with Crippen LogP contribution in [0.15, 0.2) is 12.7 Å². The van der Waals surface area contributed by atoms with Crippen LogP contribution in [-0.2, 0) is 9.53 Å². The Balaban J connectivity index is 3.62. The van der Waals surface area contributed by atoms with E-state index in [9.17, 15) is 4.79 Å². The summed E-state index contributed by atoms with van der Waals surface area (Å²) < 4.78 is 4.73. The molecule has 2 nitrogen and oxygen atoms in total. The van der Waals surface area contributed by atoms with Crippen LogP contribution >= 0.6 is 11.6 Å². The van der Waals surface area contributed by atoms with Crippen LogP contribution in [0.3, 0.4) is 0 Å². The molecule has 0 spiro atoms. The molecule has 0 fully saturated rings. The molecule has 3 heteroatoms. The first-order valence-electron chi connectivity index (χ1n) is 3.58. The third kappa shape index (κ3) is 4.85. The van der Waals surface area contributed by atoms with E-state index < -0.39 is 0 Å². The van der Waals surface area contributed by atoms with Gasteiger partial charge in [0.15, 0.2) is 0 Å². The van der Waals surface area contributed by atoms with E-state index in [-0.39, 0.29) is 11.9 Å². The fourth-order valence-corrected chi connectivity index (χ4v) is 0.870. The molecule has 11 heavy (non-hydrogen) atoms. The average Bonchev–Trinajstić information content (AvgIpc) is 2.01. The molecule has 0 heterocycles. The Hall–Kier alpha value is -0.500. The standard InChI is InChI=1S/C8H13ClO2/c1-3-7(6-9)5-8(10)11-4-2/h3,7H,1,4-6H2,2H3. The van der Waals surface area contributed by atoms with Crippen molar-refractivity contribution in [2.24, 2.45) is 5.92 Å². The van der Waals surface area contributed by atoms with Crippen molar-refractivity contribution in [2.75, 3.05) is 12.5 Å². The molecule has 0 radical (unpaired) electrons. The second-order valence-corrected chi connectivity index (χ2v) is 2.47. The van der Waals surface area contributed by atoms with Gasteiger partial charge in [0, 0.05) is 11.8 Å². The first-order chi connectivity index (χ1) is 5.24. The fourth-order valence-electron chi connectivity index (χ4n) is 0.635. The number of hydrogen-bond donors (Lipinski definition) is 0. The summed E-state index contributed by atoms with van der Waals surface area (Å²) in [5, 5.41) is 0.